The van der Waals surface area contributed by atoms with Crippen molar-refractivity contribution in [1.29, 1.82) is 0 Å². The van der Waals surface area contributed by atoms with E-state index in [-0.39, 0.29) is 10.8 Å². The predicted octanol–water partition coefficient (Wildman–Crippen LogP) is 2.70. The lowest BCUT2D eigenvalue weighted by Crippen LogP contribution is -2.02. The zero-order valence-electron chi connectivity index (χ0n) is 9.53. The Labute approximate surface area is 104 Å². The van der Waals surface area contributed by atoms with Crippen LogP contribution in [0, 0.1) is 13.8 Å². The van der Waals surface area contributed by atoms with Gasteiger partial charge in [0.05, 0.1) is 5.02 Å². The highest BCUT2D eigenvalue weighted by Crippen LogP contribution is 2.28. The number of halogens is 1. The molecular formula is C12H12ClN3O. The van der Waals surface area contributed by atoms with E-state index in [1.807, 2.05) is 13.8 Å². The fraction of sp³-hybridized carbons (Fsp3) is 0.167. The number of hydrogen-bond acceptors (Lipinski definition) is 4. The van der Waals surface area contributed by atoms with Gasteiger partial charge >= 0.3 is 0 Å². The summed E-state index contributed by atoms with van der Waals surface area (Å²) < 4.78 is 0. The SMILES string of the molecule is Cc1nc(-c2ccc(O)c(Cl)c2)nc(N)c1C. The van der Waals surface area contributed by atoms with E-state index in [0.29, 0.717) is 11.6 Å². The van der Waals surface area contributed by atoms with Crippen LogP contribution in [0.25, 0.3) is 11.4 Å². The van der Waals surface area contributed by atoms with E-state index >= 15 is 0 Å². The van der Waals surface area contributed by atoms with Gasteiger partial charge in [-0.15, -0.1) is 0 Å². The number of nitrogen functional groups attached to an aromatic ring is 1. The van der Waals surface area contributed by atoms with Gasteiger partial charge in [0.1, 0.15) is 11.6 Å². The molecule has 1 heterocycles. The van der Waals surface area contributed by atoms with Crippen LogP contribution in [0.1, 0.15) is 11.3 Å². The lowest BCUT2D eigenvalue weighted by atomic mass is 10.2. The van der Waals surface area contributed by atoms with Crippen molar-refractivity contribution in [3.05, 3.63) is 34.5 Å². The summed E-state index contributed by atoms with van der Waals surface area (Å²) in [6.07, 6.45) is 0. The molecule has 4 nitrogen and oxygen atoms in total. The Balaban J connectivity index is 2.57. The van der Waals surface area contributed by atoms with Crippen molar-refractivity contribution in [2.24, 2.45) is 0 Å². The highest BCUT2D eigenvalue weighted by molar-refractivity contribution is 6.32. The zero-order valence-corrected chi connectivity index (χ0v) is 10.3. The smallest absolute Gasteiger partial charge is 0.161 e. The standard InChI is InChI=1S/C12H12ClN3O/c1-6-7(2)15-12(16-11(6)14)8-3-4-10(17)9(13)5-8/h3-5,17H,1-2H3,(H2,14,15,16). The molecule has 0 saturated carbocycles. The number of phenolic OH excluding ortho intramolecular Hbond substituents is 1. The number of aryl methyl sites for hydroxylation is 1. The molecule has 0 saturated heterocycles. The molecule has 0 bridgehead atoms. The molecule has 1 aromatic heterocycles. The summed E-state index contributed by atoms with van der Waals surface area (Å²) >= 11 is 5.84. The molecule has 0 aliphatic rings. The quantitative estimate of drug-likeness (QED) is 0.815. The molecular weight excluding hydrogens is 238 g/mol. The van der Waals surface area contributed by atoms with Crippen LogP contribution in [0.15, 0.2) is 18.2 Å². The van der Waals surface area contributed by atoms with Gasteiger partial charge in [-0.2, -0.15) is 0 Å². The first-order valence-electron chi connectivity index (χ1n) is 5.08. The highest BCUT2D eigenvalue weighted by Gasteiger charge is 2.09. The maximum atomic E-state index is 9.35. The fourth-order valence-electron chi connectivity index (χ4n) is 1.43. The second-order valence-electron chi connectivity index (χ2n) is 3.81. The molecule has 0 radical (unpaired) electrons. The summed E-state index contributed by atoms with van der Waals surface area (Å²) in [5.74, 6) is 0.997. The van der Waals surface area contributed by atoms with E-state index in [9.17, 15) is 5.11 Å². The Morgan fingerprint density at radius 3 is 2.53 bits per heavy atom. The number of benzene rings is 1. The van der Waals surface area contributed by atoms with Crippen LogP contribution in [0.4, 0.5) is 5.82 Å². The lowest BCUT2D eigenvalue weighted by Gasteiger charge is -2.07. The highest BCUT2D eigenvalue weighted by atomic mass is 35.5. The van der Waals surface area contributed by atoms with Crippen molar-refractivity contribution in [2.45, 2.75) is 13.8 Å². The number of hydrogen-bond donors (Lipinski definition) is 2. The van der Waals surface area contributed by atoms with Gasteiger partial charge in [-0.3, -0.25) is 0 Å². The minimum Gasteiger partial charge on any atom is -0.506 e. The molecule has 2 rings (SSSR count). The Kier molecular flexibility index (Phi) is 2.90. The normalized spacial score (nSPS) is 10.5. The number of phenols is 1. The Morgan fingerprint density at radius 1 is 1.24 bits per heavy atom. The van der Waals surface area contributed by atoms with Crippen LogP contribution < -0.4 is 5.73 Å². The van der Waals surface area contributed by atoms with E-state index in [0.717, 1.165) is 16.8 Å². The summed E-state index contributed by atoms with van der Waals surface area (Å²) in [6.45, 7) is 3.75. The van der Waals surface area contributed by atoms with Gasteiger partial charge in [-0.1, -0.05) is 11.6 Å². The van der Waals surface area contributed by atoms with Crippen molar-refractivity contribution in [1.82, 2.24) is 9.97 Å². The van der Waals surface area contributed by atoms with E-state index in [1.165, 1.54) is 6.07 Å². The third-order valence-corrected chi connectivity index (χ3v) is 2.94. The molecule has 1 aromatic carbocycles. The van der Waals surface area contributed by atoms with Crippen LogP contribution in [-0.2, 0) is 0 Å². The Bertz CT molecular complexity index is 561. The van der Waals surface area contributed by atoms with Gasteiger partial charge in [0.15, 0.2) is 5.82 Å². The molecule has 0 amide bonds. The third kappa shape index (κ3) is 2.17. The average Bonchev–Trinajstić information content (AvgIpc) is 2.29. The topological polar surface area (TPSA) is 72.0 Å². The number of nitrogens with two attached hydrogens (primary N) is 1. The monoisotopic (exact) mass is 249 g/mol. The van der Waals surface area contributed by atoms with Crippen LogP contribution >= 0.6 is 11.6 Å². The van der Waals surface area contributed by atoms with E-state index in [1.54, 1.807) is 12.1 Å². The molecule has 88 valence electrons. The van der Waals surface area contributed by atoms with Gasteiger partial charge in [-0.25, -0.2) is 9.97 Å². The van der Waals surface area contributed by atoms with Gasteiger partial charge < -0.3 is 10.8 Å². The van der Waals surface area contributed by atoms with E-state index in [2.05, 4.69) is 9.97 Å². The van der Waals surface area contributed by atoms with Crippen LogP contribution in [0.2, 0.25) is 5.02 Å². The Hall–Kier alpha value is -1.81. The molecule has 0 spiro atoms. The van der Waals surface area contributed by atoms with Gasteiger partial charge in [0.2, 0.25) is 0 Å². The van der Waals surface area contributed by atoms with Crippen LogP contribution in [-0.4, -0.2) is 15.1 Å². The number of rotatable bonds is 1. The van der Waals surface area contributed by atoms with Gasteiger partial charge in [0, 0.05) is 16.8 Å². The van der Waals surface area contributed by atoms with Crippen molar-refractivity contribution in [2.75, 3.05) is 5.73 Å². The first-order valence-corrected chi connectivity index (χ1v) is 5.46. The molecule has 17 heavy (non-hydrogen) atoms. The Morgan fingerprint density at radius 2 is 1.94 bits per heavy atom. The summed E-state index contributed by atoms with van der Waals surface area (Å²) in [7, 11) is 0. The maximum absolute atomic E-state index is 9.35. The molecule has 2 aromatic rings. The predicted molar refractivity (Wildman–Crippen MR) is 68.0 cm³/mol. The maximum Gasteiger partial charge on any atom is 0.161 e. The van der Waals surface area contributed by atoms with E-state index < -0.39 is 0 Å². The first-order chi connectivity index (χ1) is 7.99. The van der Waals surface area contributed by atoms with Crippen molar-refractivity contribution in [3.8, 4) is 17.1 Å². The molecule has 0 fully saturated rings. The van der Waals surface area contributed by atoms with Crippen molar-refractivity contribution < 1.29 is 5.11 Å². The molecule has 0 aliphatic carbocycles. The molecule has 0 atom stereocenters. The minimum absolute atomic E-state index is 0.0345. The molecule has 0 unspecified atom stereocenters. The van der Waals surface area contributed by atoms with Crippen molar-refractivity contribution >= 4 is 17.4 Å². The van der Waals surface area contributed by atoms with Crippen molar-refractivity contribution in [3.63, 3.8) is 0 Å². The second-order valence-corrected chi connectivity index (χ2v) is 4.22. The second kappa shape index (κ2) is 4.22. The molecule has 3 N–H and O–H groups in total. The summed E-state index contributed by atoms with van der Waals surface area (Å²) in [6, 6.07) is 4.82. The molecule has 5 heteroatoms. The first kappa shape index (κ1) is 11.7. The average molecular weight is 250 g/mol. The number of aromatic nitrogens is 2. The minimum atomic E-state index is 0.0345. The number of nitrogens with zero attached hydrogens (tertiary/aromatic N) is 2. The summed E-state index contributed by atoms with van der Waals surface area (Å²) in [4.78, 5) is 8.54. The number of aromatic hydroxyl groups is 1. The fourth-order valence-corrected chi connectivity index (χ4v) is 1.61. The molecule has 0 aliphatic heterocycles. The largest absolute Gasteiger partial charge is 0.506 e. The summed E-state index contributed by atoms with van der Waals surface area (Å²) in [5.41, 5.74) is 8.22. The van der Waals surface area contributed by atoms with Crippen LogP contribution in [0.5, 0.6) is 5.75 Å². The van der Waals surface area contributed by atoms with Crippen LogP contribution in [0.3, 0.4) is 0 Å². The van der Waals surface area contributed by atoms with Gasteiger partial charge in [0.25, 0.3) is 0 Å². The number of anilines is 1. The zero-order chi connectivity index (χ0) is 12.6. The van der Waals surface area contributed by atoms with Gasteiger partial charge in [-0.05, 0) is 32.0 Å². The third-order valence-electron chi connectivity index (χ3n) is 2.63. The van der Waals surface area contributed by atoms with E-state index in [4.69, 9.17) is 17.3 Å². The summed E-state index contributed by atoms with van der Waals surface area (Å²) in [5, 5.41) is 9.61. The lowest BCUT2D eigenvalue weighted by molar-refractivity contribution is 0.475.